The summed E-state index contributed by atoms with van der Waals surface area (Å²) in [5.41, 5.74) is 9.96. The van der Waals surface area contributed by atoms with Gasteiger partial charge in [-0.05, 0) is 49.9 Å². The third kappa shape index (κ3) is 5.30. The van der Waals surface area contributed by atoms with Gasteiger partial charge in [0, 0.05) is 67.3 Å². The Balaban J connectivity index is 1.62. The predicted octanol–water partition coefficient (Wildman–Crippen LogP) is 5.16. The van der Waals surface area contributed by atoms with Crippen molar-refractivity contribution in [3.8, 4) is 28.3 Å². The Morgan fingerprint density at radius 1 is 1.21 bits per heavy atom. The third-order valence-corrected chi connectivity index (χ3v) is 7.58. The molecule has 0 unspecified atom stereocenters. The van der Waals surface area contributed by atoms with E-state index in [1.54, 1.807) is 41.7 Å². The number of rotatable bonds is 4. The third-order valence-electron chi connectivity index (χ3n) is 7.58. The molecule has 9 nitrogen and oxygen atoms in total. The minimum absolute atomic E-state index is 0.0868. The summed E-state index contributed by atoms with van der Waals surface area (Å²) >= 11 is 0. The van der Waals surface area contributed by atoms with Crippen LogP contribution in [0.25, 0.3) is 22.5 Å². The number of pyridine rings is 1. The summed E-state index contributed by atoms with van der Waals surface area (Å²) in [5, 5.41) is 9.28. The van der Waals surface area contributed by atoms with Crippen molar-refractivity contribution in [2.24, 2.45) is 13.0 Å². The van der Waals surface area contributed by atoms with Crippen LogP contribution in [0.3, 0.4) is 0 Å². The lowest BCUT2D eigenvalue weighted by Crippen LogP contribution is -2.36. The number of hydrogen-bond acceptors (Lipinski definition) is 6. The summed E-state index contributed by atoms with van der Waals surface area (Å²) in [5.74, 6) is -0.636. The number of carbonyl (C=O) groups is 1. The van der Waals surface area contributed by atoms with Crippen LogP contribution in [-0.2, 0) is 20.0 Å². The predicted molar refractivity (Wildman–Crippen MR) is 146 cm³/mol. The topological polar surface area (TPSA) is 104 Å². The second kappa shape index (κ2) is 10.1. The number of alkyl halides is 3. The van der Waals surface area contributed by atoms with Crippen LogP contribution in [0.1, 0.15) is 53.0 Å². The minimum Gasteiger partial charge on any atom is -0.482 e. The molecule has 1 saturated carbocycles. The van der Waals surface area contributed by atoms with Crippen LogP contribution < -0.4 is 10.5 Å². The van der Waals surface area contributed by atoms with Gasteiger partial charge >= 0.3 is 6.18 Å². The lowest BCUT2D eigenvalue weighted by molar-refractivity contribution is -0.138. The van der Waals surface area contributed by atoms with Gasteiger partial charge < -0.3 is 15.4 Å². The fourth-order valence-corrected chi connectivity index (χ4v) is 5.46. The Bertz CT molecular complexity index is 1690. The number of aromatic nitrogens is 5. The number of benzene rings is 1. The zero-order valence-corrected chi connectivity index (χ0v) is 23.2. The zero-order valence-electron chi connectivity index (χ0n) is 23.2. The van der Waals surface area contributed by atoms with Gasteiger partial charge in [0.25, 0.3) is 5.91 Å². The molecule has 2 bridgehead atoms. The van der Waals surface area contributed by atoms with E-state index in [-0.39, 0.29) is 23.7 Å². The van der Waals surface area contributed by atoms with Crippen LogP contribution >= 0.6 is 0 Å². The highest BCUT2D eigenvalue weighted by Gasteiger charge is 2.36. The molecule has 1 aliphatic carbocycles. The van der Waals surface area contributed by atoms with Gasteiger partial charge in [-0.2, -0.15) is 23.4 Å². The monoisotopic (exact) mass is 583 g/mol. The molecular weight excluding hydrogens is 554 g/mol. The van der Waals surface area contributed by atoms with E-state index in [2.05, 4.69) is 15.2 Å². The molecule has 4 heterocycles. The summed E-state index contributed by atoms with van der Waals surface area (Å²) in [6, 6.07) is 5.99. The summed E-state index contributed by atoms with van der Waals surface area (Å²) in [6.45, 7) is 0.832. The molecule has 3 aromatic heterocycles. The first-order valence-corrected chi connectivity index (χ1v) is 13.5. The molecule has 220 valence electrons. The molecule has 1 aliphatic heterocycles. The van der Waals surface area contributed by atoms with Gasteiger partial charge in [0.15, 0.2) is 17.3 Å². The SMILES string of the molecule is C[C@H]1Oc2cc(cnc2N)-c2c(c(C(=O)N(C)CC(F)(F)F)nn2CC2CC2)Cc2cn(C)nc2-c2ccc(F)cc21. The number of halogens is 4. The van der Waals surface area contributed by atoms with E-state index >= 15 is 0 Å². The molecule has 1 amide bonds. The van der Waals surface area contributed by atoms with Crippen molar-refractivity contribution >= 4 is 11.7 Å². The van der Waals surface area contributed by atoms with Crippen molar-refractivity contribution in [1.82, 2.24) is 29.4 Å². The van der Waals surface area contributed by atoms with Crippen LogP contribution in [0, 0.1) is 11.7 Å². The zero-order chi connectivity index (χ0) is 29.9. The standard InChI is InChI=1S/C29H29F4N7O2/c1-15-21-10-19(30)6-7-20(21)24-18(13-39(3)36-24)8-22-25(28(41)38(2)14-29(31,32)33)37-40(12-16-4-5-16)26(22)17-9-23(42-15)27(34)35-11-17/h6-7,9-11,13,15-16H,4-5,8,12,14H2,1-3H3,(H2,34,35)/t15-/m1/s1. The van der Waals surface area contributed by atoms with Crippen LogP contribution in [-0.4, -0.2) is 55.1 Å². The molecule has 2 N–H and O–H groups in total. The van der Waals surface area contributed by atoms with E-state index in [0.717, 1.165) is 19.9 Å². The van der Waals surface area contributed by atoms with E-state index in [9.17, 15) is 22.4 Å². The van der Waals surface area contributed by atoms with E-state index in [4.69, 9.17) is 10.5 Å². The Morgan fingerprint density at radius 2 is 1.98 bits per heavy atom. The molecule has 1 fully saturated rings. The quantitative estimate of drug-likeness (QED) is 0.333. The minimum atomic E-state index is -4.58. The number of anilines is 1. The molecule has 6 rings (SSSR count). The van der Waals surface area contributed by atoms with E-state index in [0.29, 0.717) is 56.6 Å². The second-order valence-corrected chi connectivity index (χ2v) is 11.0. The van der Waals surface area contributed by atoms with Crippen molar-refractivity contribution in [3.05, 3.63) is 64.9 Å². The fourth-order valence-electron chi connectivity index (χ4n) is 5.46. The maximum absolute atomic E-state index is 14.5. The Morgan fingerprint density at radius 3 is 2.69 bits per heavy atom. The molecule has 1 aromatic carbocycles. The summed E-state index contributed by atoms with van der Waals surface area (Å²) in [6.07, 6.45) is 0.176. The number of ether oxygens (including phenoxy) is 1. The molecule has 0 spiro atoms. The Hall–Kier alpha value is -4.42. The average Bonchev–Trinajstić information content (AvgIpc) is 3.56. The molecule has 4 aromatic rings. The number of nitrogen functional groups attached to an aromatic ring is 1. The number of hydrogen-bond donors (Lipinski definition) is 1. The maximum Gasteiger partial charge on any atom is 0.406 e. The first kappa shape index (κ1) is 27.7. The van der Waals surface area contributed by atoms with Gasteiger partial charge in [0.05, 0.1) is 11.4 Å². The summed E-state index contributed by atoms with van der Waals surface area (Å²) in [4.78, 5) is 18.5. The molecule has 1 atom stereocenters. The van der Waals surface area contributed by atoms with Crippen LogP contribution in [0.15, 0.2) is 36.7 Å². The molecular formula is C29H29F4N7O2. The highest BCUT2D eigenvalue weighted by molar-refractivity contribution is 5.96. The second-order valence-electron chi connectivity index (χ2n) is 11.0. The number of carbonyl (C=O) groups excluding carboxylic acids is 1. The maximum atomic E-state index is 14.5. The number of nitrogens with zero attached hydrogens (tertiary/aromatic N) is 6. The van der Waals surface area contributed by atoms with Crippen LogP contribution in [0.4, 0.5) is 23.4 Å². The first-order valence-electron chi connectivity index (χ1n) is 13.5. The van der Waals surface area contributed by atoms with Gasteiger partial charge in [-0.1, -0.05) is 0 Å². The number of fused-ring (bicyclic) bond motifs is 7. The molecule has 2 aliphatic rings. The van der Waals surface area contributed by atoms with Gasteiger partial charge in [-0.3, -0.25) is 14.2 Å². The number of amides is 1. The van der Waals surface area contributed by atoms with E-state index in [1.165, 1.54) is 18.3 Å². The van der Waals surface area contributed by atoms with Gasteiger partial charge in [0.1, 0.15) is 18.5 Å². The highest BCUT2D eigenvalue weighted by Crippen LogP contribution is 2.41. The van der Waals surface area contributed by atoms with Crippen LogP contribution in [0.2, 0.25) is 0 Å². The lowest BCUT2D eigenvalue weighted by atomic mass is 9.93. The van der Waals surface area contributed by atoms with E-state index in [1.807, 2.05) is 0 Å². The number of nitrogens with two attached hydrogens (primary N) is 1. The van der Waals surface area contributed by atoms with Gasteiger partial charge in [-0.15, -0.1) is 0 Å². The lowest BCUT2D eigenvalue weighted by Gasteiger charge is -2.21. The Labute approximate surface area is 238 Å². The average molecular weight is 584 g/mol. The smallest absolute Gasteiger partial charge is 0.406 e. The van der Waals surface area contributed by atoms with Crippen molar-refractivity contribution in [1.29, 1.82) is 0 Å². The molecule has 13 heteroatoms. The molecule has 42 heavy (non-hydrogen) atoms. The molecule has 0 radical (unpaired) electrons. The molecule has 0 saturated heterocycles. The van der Waals surface area contributed by atoms with Crippen molar-refractivity contribution < 1.29 is 27.1 Å². The van der Waals surface area contributed by atoms with Crippen molar-refractivity contribution in [2.75, 3.05) is 19.3 Å². The number of aryl methyl sites for hydroxylation is 1. The largest absolute Gasteiger partial charge is 0.482 e. The summed E-state index contributed by atoms with van der Waals surface area (Å²) in [7, 11) is 2.85. The van der Waals surface area contributed by atoms with Gasteiger partial charge in [-0.25, -0.2) is 9.37 Å². The summed E-state index contributed by atoms with van der Waals surface area (Å²) < 4.78 is 63.9. The normalized spacial score (nSPS) is 16.4. The van der Waals surface area contributed by atoms with E-state index < -0.39 is 30.5 Å². The Kier molecular flexibility index (Phi) is 6.70. The highest BCUT2D eigenvalue weighted by atomic mass is 19.4. The first-order chi connectivity index (χ1) is 19.9. The van der Waals surface area contributed by atoms with Crippen LogP contribution in [0.5, 0.6) is 5.75 Å². The van der Waals surface area contributed by atoms with Crippen molar-refractivity contribution in [3.63, 3.8) is 0 Å². The van der Waals surface area contributed by atoms with Crippen molar-refractivity contribution in [2.45, 2.75) is 45.0 Å². The fraction of sp³-hybridized carbons (Fsp3) is 0.379. The van der Waals surface area contributed by atoms with Gasteiger partial charge in [0.2, 0.25) is 0 Å².